The molecular formula is C20H25F4N7O. The van der Waals surface area contributed by atoms with Crippen molar-refractivity contribution < 1.29 is 22.3 Å². The van der Waals surface area contributed by atoms with Crippen molar-refractivity contribution in [3.63, 3.8) is 0 Å². The first-order valence-corrected chi connectivity index (χ1v) is 10.9. The normalized spacial score (nSPS) is 21.2. The third-order valence-electron chi connectivity index (χ3n) is 6.48. The van der Waals surface area contributed by atoms with Gasteiger partial charge in [-0.15, -0.1) is 0 Å². The first kappa shape index (κ1) is 21.4. The zero-order chi connectivity index (χ0) is 22.3. The molecule has 0 aromatic carbocycles. The molecule has 2 aromatic rings. The van der Waals surface area contributed by atoms with Crippen LogP contribution in [0.5, 0.6) is 0 Å². The van der Waals surface area contributed by atoms with E-state index in [-0.39, 0.29) is 11.6 Å². The lowest BCUT2D eigenvalue weighted by Gasteiger charge is -2.42. The fourth-order valence-electron chi connectivity index (χ4n) is 4.56. The van der Waals surface area contributed by atoms with Crippen molar-refractivity contribution in [3.8, 4) is 0 Å². The zero-order valence-electron chi connectivity index (χ0n) is 17.5. The summed E-state index contributed by atoms with van der Waals surface area (Å²) in [4.78, 5) is 10.7. The Balaban J connectivity index is 1.38. The number of rotatable bonds is 5. The summed E-state index contributed by atoms with van der Waals surface area (Å²) in [5, 5.41) is 9.64. The second-order valence-corrected chi connectivity index (χ2v) is 8.56. The van der Waals surface area contributed by atoms with Crippen LogP contribution in [0.15, 0.2) is 6.07 Å². The molecule has 0 amide bonds. The number of alkyl halides is 3. The number of ether oxygens (including phenoxy) is 1. The van der Waals surface area contributed by atoms with Crippen LogP contribution in [0.1, 0.15) is 43.1 Å². The van der Waals surface area contributed by atoms with Crippen LogP contribution >= 0.6 is 0 Å². The first-order valence-electron chi connectivity index (χ1n) is 10.9. The highest BCUT2D eigenvalue weighted by molar-refractivity contribution is 5.59. The third kappa shape index (κ3) is 4.25. The fourth-order valence-corrected chi connectivity index (χ4v) is 4.56. The van der Waals surface area contributed by atoms with Gasteiger partial charge in [-0.2, -0.15) is 22.7 Å². The minimum Gasteiger partial charge on any atom is -0.378 e. The van der Waals surface area contributed by atoms with Gasteiger partial charge in [-0.1, -0.05) is 12.8 Å². The number of H-pyrrole nitrogens is 1. The summed E-state index contributed by atoms with van der Waals surface area (Å²) in [7, 11) is 0. The van der Waals surface area contributed by atoms with Gasteiger partial charge < -0.3 is 15.0 Å². The molecule has 5 rings (SSSR count). The molecule has 0 atom stereocenters. The van der Waals surface area contributed by atoms with Crippen LogP contribution in [-0.2, 0) is 10.9 Å². The van der Waals surface area contributed by atoms with Gasteiger partial charge in [0.1, 0.15) is 0 Å². The van der Waals surface area contributed by atoms with Crippen LogP contribution in [-0.4, -0.2) is 70.5 Å². The highest BCUT2D eigenvalue weighted by Crippen LogP contribution is 2.35. The Kier molecular flexibility index (Phi) is 5.66. The number of nitrogens with zero attached hydrogens (tertiary/aromatic N) is 5. The minimum atomic E-state index is -4.80. The van der Waals surface area contributed by atoms with E-state index < -0.39 is 23.6 Å². The van der Waals surface area contributed by atoms with Crippen molar-refractivity contribution >= 4 is 17.5 Å². The largest absolute Gasteiger partial charge is 0.451 e. The molecule has 2 saturated heterocycles. The number of hydrogen-bond donors (Lipinski definition) is 2. The van der Waals surface area contributed by atoms with Crippen LogP contribution in [0.3, 0.4) is 0 Å². The Labute approximate surface area is 182 Å². The lowest BCUT2D eigenvalue weighted by atomic mass is 10.0. The van der Waals surface area contributed by atoms with Gasteiger partial charge in [0.2, 0.25) is 11.6 Å². The molecule has 4 heterocycles. The molecule has 0 bridgehead atoms. The summed E-state index contributed by atoms with van der Waals surface area (Å²) < 4.78 is 60.9. The molecule has 32 heavy (non-hydrogen) atoms. The van der Waals surface area contributed by atoms with Crippen molar-refractivity contribution in [1.29, 1.82) is 0 Å². The summed E-state index contributed by atoms with van der Waals surface area (Å²) in [5.41, 5.74) is 0.895. The average Bonchev–Trinajstić information content (AvgIpc) is 3.40. The number of piperazine rings is 1. The monoisotopic (exact) mass is 455 g/mol. The maximum atomic E-state index is 15.3. The molecule has 12 heteroatoms. The molecule has 2 N–H and O–H groups in total. The number of nitrogens with one attached hydrogen (secondary N) is 2. The maximum Gasteiger partial charge on any atom is 0.451 e. The third-order valence-corrected chi connectivity index (χ3v) is 6.48. The molecule has 0 radical (unpaired) electrons. The van der Waals surface area contributed by atoms with Crippen LogP contribution in [0.25, 0.3) is 0 Å². The van der Waals surface area contributed by atoms with E-state index in [0.717, 1.165) is 31.4 Å². The van der Waals surface area contributed by atoms with E-state index in [1.807, 2.05) is 0 Å². The van der Waals surface area contributed by atoms with Crippen molar-refractivity contribution in [2.24, 2.45) is 0 Å². The quantitative estimate of drug-likeness (QED) is 0.670. The van der Waals surface area contributed by atoms with Crippen molar-refractivity contribution in [1.82, 2.24) is 25.1 Å². The Hall–Kier alpha value is -2.47. The zero-order valence-corrected chi connectivity index (χ0v) is 17.5. The molecule has 1 aliphatic carbocycles. The van der Waals surface area contributed by atoms with Gasteiger partial charge in [-0.3, -0.25) is 10.00 Å². The van der Waals surface area contributed by atoms with E-state index >= 15 is 4.39 Å². The SMILES string of the molecule is Fc1c(Nc2cc(C3CCCC3)[nH]n2)nc(C(F)(F)F)nc1N1CCN(C2COC2)CC1. The highest BCUT2D eigenvalue weighted by atomic mass is 19.4. The molecule has 1 saturated carbocycles. The topological polar surface area (TPSA) is 82.2 Å². The Bertz CT molecular complexity index is 948. The van der Waals surface area contributed by atoms with Crippen LogP contribution in [0.4, 0.5) is 35.0 Å². The standard InChI is InChI=1S/C20H25F4N7O/c21-16-17(25-15-9-14(28-29-15)12-3-1-2-4-12)26-19(20(22,23)24)27-18(16)31-7-5-30(6-8-31)13-10-32-11-13/h9,12-13H,1-8,10-11H2,(H2,25,26,27,28,29). The molecule has 2 aromatic heterocycles. The predicted molar refractivity (Wildman–Crippen MR) is 108 cm³/mol. The average molecular weight is 455 g/mol. The fraction of sp³-hybridized carbons (Fsp3) is 0.650. The van der Waals surface area contributed by atoms with E-state index in [9.17, 15) is 13.2 Å². The molecule has 2 aliphatic heterocycles. The highest BCUT2D eigenvalue weighted by Gasteiger charge is 2.38. The van der Waals surface area contributed by atoms with Crippen LogP contribution < -0.4 is 10.2 Å². The second-order valence-electron chi connectivity index (χ2n) is 8.56. The summed E-state index contributed by atoms with van der Waals surface area (Å²) in [6, 6.07) is 2.04. The van der Waals surface area contributed by atoms with Crippen molar-refractivity contribution in [3.05, 3.63) is 23.4 Å². The van der Waals surface area contributed by atoms with Crippen LogP contribution in [0, 0.1) is 5.82 Å². The molecule has 3 fully saturated rings. The predicted octanol–water partition coefficient (Wildman–Crippen LogP) is 3.28. The number of hydrogen-bond acceptors (Lipinski definition) is 7. The van der Waals surface area contributed by atoms with Gasteiger partial charge in [-0.25, -0.2) is 9.97 Å². The van der Waals surface area contributed by atoms with Gasteiger partial charge >= 0.3 is 6.18 Å². The Morgan fingerprint density at radius 2 is 1.78 bits per heavy atom. The smallest absolute Gasteiger partial charge is 0.378 e. The summed E-state index contributed by atoms with van der Waals surface area (Å²) >= 11 is 0. The maximum absolute atomic E-state index is 15.3. The summed E-state index contributed by atoms with van der Waals surface area (Å²) in [6.45, 7) is 3.25. The van der Waals surface area contributed by atoms with E-state index in [1.54, 1.807) is 11.0 Å². The van der Waals surface area contributed by atoms with E-state index in [0.29, 0.717) is 51.4 Å². The molecule has 8 nitrogen and oxygen atoms in total. The lowest BCUT2D eigenvalue weighted by molar-refractivity contribution is -0.144. The van der Waals surface area contributed by atoms with Crippen molar-refractivity contribution in [2.45, 2.75) is 43.8 Å². The van der Waals surface area contributed by atoms with Gasteiger partial charge in [0.15, 0.2) is 17.5 Å². The summed E-state index contributed by atoms with van der Waals surface area (Å²) in [5.74, 6) is -2.58. The Morgan fingerprint density at radius 3 is 2.41 bits per heavy atom. The van der Waals surface area contributed by atoms with Gasteiger partial charge in [0.05, 0.1) is 19.3 Å². The molecular weight excluding hydrogens is 430 g/mol. The number of anilines is 3. The second kappa shape index (κ2) is 8.47. The Morgan fingerprint density at radius 1 is 1.06 bits per heavy atom. The lowest BCUT2D eigenvalue weighted by Crippen LogP contribution is -2.56. The van der Waals surface area contributed by atoms with Gasteiger partial charge in [0.25, 0.3) is 0 Å². The van der Waals surface area contributed by atoms with Crippen LogP contribution in [0.2, 0.25) is 0 Å². The molecule has 0 unspecified atom stereocenters. The molecule has 174 valence electrons. The summed E-state index contributed by atoms with van der Waals surface area (Å²) in [6.07, 6.45) is -0.473. The number of aromatic nitrogens is 4. The molecule has 0 spiro atoms. The van der Waals surface area contributed by atoms with E-state index in [1.165, 1.54) is 0 Å². The first-order chi connectivity index (χ1) is 15.4. The van der Waals surface area contributed by atoms with E-state index in [2.05, 4.69) is 30.4 Å². The van der Waals surface area contributed by atoms with E-state index in [4.69, 9.17) is 4.74 Å². The van der Waals surface area contributed by atoms with Crippen molar-refractivity contribution in [2.75, 3.05) is 49.6 Å². The number of aromatic amines is 1. The van der Waals surface area contributed by atoms with Gasteiger partial charge in [0, 0.05) is 43.9 Å². The molecule has 3 aliphatic rings. The van der Waals surface area contributed by atoms with Gasteiger partial charge in [-0.05, 0) is 12.8 Å². The number of halogens is 4. The minimum absolute atomic E-state index is 0.235.